The fraction of sp³-hybridized carbons (Fsp3) is 0.192. The molecular weight excluding hydrogens is 425 g/mol. The molecule has 0 atom stereocenters. The van der Waals surface area contributed by atoms with Crippen LogP contribution in [-0.4, -0.2) is 12.6 Å². The quantitative estimate of drug-likeness (QED) is 0.343. The summed E-state index contributed by atoms with van der Waals surface area (Å²) >= 11 is 1.58. The second kappa shape index (κ2) is 9.94. The maximum Gasteiger partial charge on any atom is 0.310 e. The van der Waals surface area contributed by atoms with Gasteiger partial charge in [-0.25, -0.2) is 4.39 Å². The van der Waals surface area contributed by atoms with E-state index in [1.165, 1.54) is 0 Å². The molecule has 0 amide bonds. The van der Waals surface area contributed by atoms with Gasteiger partial charge in [-0.3, -0.25) is 4.79 Å². The van der Waals surface area contributed by atoms with Crippen molar-refractivity contribution in [2.24, 2.45) is 5.73 Å². The summed E-state index contributed by atoms with van der Waals surface area (Å²) in [5.41, 5.74) is 9.23. The van der Waals surface area contributed by atoms with Gasteiger partial charge in [0, 0.05) is 33.5 Å². The monoisotopic (exact) mass is 449 g/mol. The molecule has 0 saturated carbocycles. The minimum atomic E-state index is -0.291. The Morgan fingerprint density at radius 2 is 1.84 bits per heavy atom. The van der Waals surface area contributed by atoms with Crippen LogP contribution < -0.4 is 10.5 Å². The number of halogens is 1. The molecule has 1 aromatic heterocycles. The Labute approximate surface area is 190 Å². The average Bonchev–Trinajstić information content (AvgIpc) is 3.27. The van der Waals surface area contributed by atoms with E-state index < -0.39 is 0 Å². The van der Waals surface area contributed by atoms with E-state index in [9.17, 15) is 4.79 Å². The fourth-order valence-corrected chi connectivity index (χ4v) is 4.60. The molecule has 4 nitrogen and oxygen atoms in total. The van der Waals surface area contributed by atoms with Crippen molar-refractivity contribution in [3.63, 3.8) is 0 Å². The van der Waals surface area contributed by atoms with Gasteiger partial charge in [-0.1, -0.05) is 36.4 Å². The molecule has 0 aliphatic carbocycles. The standard InChI is InChI=1S/C26H24FNO3S/c1-2-30-24(29)14-18-6-3-4-9-23(18)31-16-17-12-19-10-11-32-26(19)22(13-17)21-8-5-7-20(15-28)25(21)27/h3-13H,2,14-16,28H2,1H3. The Morgan fingerprint density at radius 3 is 2.66 bits per heavy atom. The molecule has 3 aromatic carbocycles. The third-order valence-corrected chi connectivity index (χ3v) is 6.17. The number of hydrogen-bond donors (Lipinski definition) is 1. The predicted molar refractivity (Wildman–Crippen MR) is 126 cm³/mol. The van der Waals surface area contributed by atoms with E-state index in [2.05, 4.69) is 0 Å². The van der Waals surface area contributed by atoms with Crippen molar-refractivity contribution in [2.75, 3.05) is 6.61 Å². The Balaban J connectivity index is 1.65. The van der Waals surface area contributed by atoms with E-state index in [-0.39, 0.29) is 31.4 Å². The van der Waals surface area contributed by atoms with Crippen molar-refractivity contribution >= 4 is 27.4 Å². The largest absolute Gasteiger partial charge is 0.489 e. The SMILES string of the molecule is CCOC(=O)Cc1ccccc1OCc1cc(-c2cccc(CN)c2F)c2sccc2c1. The molecule has 0 radical (unpaired) electrons. The van der Waals surface area contributed by atoms with E-state index in [1.807, 2.05) is 53.9 Å². The number of carbonyl (C=O) groups excluding carboxylic acids is 1. The Hall–Kier alpha value is -3.22. The van der Waals surface area contributed by atoms with Crippen molar-refractivity contribution < 1.29 is 18.7 Å². The van der Waals surface area contributed by atoms with Gasteiger partial charge in [0.15, 0.2) is 0 Å². The lowest BCUT2D eigenvalue weighted by Gasteiger charge is -2.14. The molecule has 4 rings (SSSR count). The highest BCUT2D eigenvalue weighted by atomic mass is 32.1. The molecule has 164 valence electrons. The molecule has 6 heteroatoms. The summed E-state index contributed by atoms with van der Waals surface area (Å²) in [7, 11) is 0. The van der Waals surface area contributed by atoms with E-state index in [1.54, 1.807) is 30.4 Å². The van der Waals surface area contributed by atoms with Gasteiger partial charge in [-0.05, 0) is 47.5 Å². The number of fused-ring (bicyclic) bond motifs is 1. The molecule has 0 bridgehead atoms. The number of rotatable bonds is 8. The lowest BCUT2D eigenvalue weighted by atomic mass is 9.98. The first kappa shape index (κ1) is 22.0. The highest BCUT2D eigenvalue weighted by Gasteiger charge is 2.15. The van der Waals surface area contributed by atoms with Gasteiger partial charge in [0.05, 0.1) is 13.0 Å². The second-order valence-corrected chi connectivity index (χ2v) is 8.26. The summed E-state index contributed by atoms with van der Waals surface area (Å²) in [6.07, 6.45) is 0.149. The molecule has 0 saturated heterocycles. The van der Waals surface area contributed by atoms with Gasteiger partial charge in [-0.2, -0.15) is 0 Å². The van der Waals surface area contributed by atoms with Crippen LogP contribution in [0.25, 0.3) is 21.2 Å². The highest BCUT2D eigenvalue weighted by Crippen LogP contribution is 2.36. The van der Waals surface area contributed by atoms with Crippen molar-refractivity contribution in [2.45, 2.75) is 26.5 Å². The molecule has 0 unspecified atom stereocenters. The maximum absolute atomic E-state index is 15.1. The van der Waals surface area contributed by atoms with Gasteiger partial charge in [0.2, 0.25) is 0 Å². The number of nitrogens with two attached hydrogens (primary N) is 1. The van der Waals surface area contributed by atoms with Crippen LogP contribution >= 0.6 is 11.3 Å². The molecule has 2 N–H and O–H groups in total. The summed E-state index contributed by atoms with van der Waals surface area (Å²) in [4.78, 5) is 11.9. The summed E-state index contributed by atoms with van der Waals surface area (Å²) in [6.45, 7) is 2.56. The fourth-order valence-electron chi connectivity index (χ4n) is 3.69. The zero-order valence-corrected chi connectivity index (χ0v) is 18.6. The first-order valence-electron chi connectivity index (χ1n) is 10.4. The zero-order chi connectivity index (χ0) is 22.5. The van der Waals surface area contributed by atoms with Crippen LogP contribution in [0.5, 0.6) is 5.75 Å². The normalized spacial score (nSPS) is 11.0. The Bertz CT molecular complexity index is 1250. The van der Waals surface area contributed by atoms with Gasteiger partial charge in [0.25, 0.3) is 0 Å². The smallest absolute Gasteiger partial charge is 0.310 e. The average molecular weight is 450 g/mol. The van der Waals surface area contributed by atoms with Crippen LogP contribution in [0.1, 0.15) is 23.6 Å². The van der Waals surface area contributed by atoms with Gasteiger partial charge in [-0.15, -0.1) is 11.3 Å². The van der Waals surface area contributed by atoms with Crippen LogP contribution in [-0.2, 0) is 29.1 Å². The van der Waals surface area contributed by atoms with Crippen LogP contribution in [0.4, 0.5) is 4.39 Å². The Kier molecular flexibility index (Phi) is 6.83. The second-order valence-electron chi connectivity index (χ2n) is 7.34. The zero-order valence-electron chi connectivity index (χ0n) is 17.8. The van der Waals surface area contributed by atoms with Crippen molar-refractivity contribution in [1.82, 2.24) is 0 Å². The first-order valence-corrected chi connectivity index (χ1v) is 11.3. The molecule has 32 heavy (non-hydrogen) atoms. The van der Waals surface area contributed by atoms with Gasteiger partial charge >= 0.3 is 5.97 Å². The summed E-state index contributed by atoms with van der Waals surface area (Å²) in [5, 5.41) is 3.03. The summed E-state index contributed by atoms with van der Waals surface area (Å²) < 4.78 is 27.2. The summed E-state index contributed by atoms with van der Waals surface area (Å²) in [6, 6.07) is 18.8. The molecule has 4 aromatic rings. The predicted octanol–water partition coefficient (Wildman–Crippen LogP) is 5.85. The van der Waals surface area contributed by atoms with Crippen LogP contribution in [0.2, 0.25) is 0 Å². The molecular formula is C26H24FNO3S. The number of ether oxygens (including phenoxy) is 2. The molecule has 0 fully saturated rings. The molecule has 0 aliphatic rings. The Morgan fingerprint density at radius 1 is 1.03 bits per heavy atom. The number of thiophene rings is 1. The molecule has 0 aliphatic heterocycles. The number of benzene rings is 3. The highest BCUT2D eigenvalue weighted by molar-refractivity contribution is 7.17. The van der Waals surface area contributed by atoms with E-state index in [4.69, 9.17) is 15.2 Å². The van der Waals surface area contributed by atoms with Gasteiger partial charge in [0.1, 0.15) is 18.2 Å². The number of para-hydroxylation sites is 1. The minimum Gasteiger partial charge on any atom is -0.489 e. The number of esters is 1. The van der Waals surface area contributed by atoms with Crippen LogP contribution in [0.15, 0.2) is 66.0 Å². The number of hydrogen-bond acceptors (Lipinski definition) is 5. The lowest BCUT2D eigenvalue weighted by Crippen LogP contribution is -2.09. The third-order valence-electron chi connectivity index (χ3n) is 5.21. The van der Waals surface area contributed by atoms with Crippen molar-refractivity contribution in [3.8, 4) is 16.9 Å². The van der Waals surface area contributed by atoms with Crippen LogP contribution in [0.3, 0.4) is 0 Å². The summed E-state index contributed by atoms with van der Waals surface area (Å²) in [5.74, 6) is 0.0483. The first-order chi connectivity index (χ1) is 15.6. The van der Waals surface area contributed by atoms with E-state index in [0.29, 0.717) is 23.5 Å². The van der Waals surface area contributed by atoms with E-state index in [0.717, 1.165) is 26.8 Å². The maximum atomic E-state index is 15.1. The van der Waals surface area contributed by atoms with Gasteiger partial charge < -0.3 is 15.2 Å². The van der Waals surface area contributed by atoms with Crippen molar-refractivity contribution in [3.05, 3.63) is 88.6 Å². The van der Waals surface area contributed by atoms with E-state index >= 15 is 4.39 Å². The van der Waals surface area contributed by atoms with Crippen molar-refractivity contribution in [1.29, 1.82) is 0 Å². The lowest BCUT2D eigenvalue weighted by molar-refractivity contribution is -0.142. The molecule has 1 heterocycles. The topological polar surface area (TPSA) is 61.5 Å². The minimum absolute atomic E-state index is 0.146. The van der Waals surface area contributed by atoms with Crippen LogP contribution in [0, 0.1) is 5.82 Å². The third kappa shape index (κ3) is 4.66. The molecule has 0 spiro atoms. The number of carbonyl (C=O) groups is 1.